The van der Waals surface area contributed by atoms with Gasteiger partial charge in [0.2, 0.25) is 0 Å². The van der Waals surface area contributed by atoms with E-state index in [9.17, 15) is 10.1 Å². The third-order valence-electron chi connectivity index (χ3n) is 0.643. The molecule has 0 N–H and O–H groups in total. The molecule has 54 valence electrons. The lowest BCUT2D eigenvalue weighted by Crippen LogP contribution is -2.29. The van der Waals surface area contributed by atoms with Gasteiger partial charge >= 0.3 is 0 Å². The minimum Gasteiger partial charge on any atom is -0.307 e. The Morgan fingerprint density at radius 3 is 2.33 bits per heavy atom. The van der Waals surface area contributed by atoms with Crippen LogP contribution in [0.15, 0.2) is 0 Å². The first-order valence-corrected chi connectivity index (χ1v) is 2.91. The monoisotopic (exact) mass is 153 g/mol. The normalized spacial score (nSPS) is 11.0. The Balaban J connectivity index is 3.71. The van der Waals surface area contributed by atoms with Crippen molar-refractivity contribution in [3.8, 4) is 0 Å². The predicted octanol–water partition coefficient (Wildman–Crippen LogP) is 1.21. The van der Waals surface area contributed by atoms with Crippen molar-refractivity contribution in [1.29, 1.82) is 0 Å². The van der Waals surface area contributed by atoms with E-state index in [1.54, 1.807) is 13.8 Å². The van der Waals surface area contributed by atoms with Gasteiger partial charge in [0.05, 0.1) is 5.88 Å². The molecule has 0 aromatic rings. The number of hydrogen-bond acceptors (Lipinski definition) is 3. The molecular weight excluding hydrogens is 146 g/mol. The fourth-order valence-corrected chi connectivity index (χ4v) is 0.275. The Morgan fingerprint density at radius 1 is 1.78 bits per heavy atom. The third-order valence-corrected chi connectivity index (χ3v) is 1.29. The molecule has 0 rings (SSSR count). The largest absolute Gasteiger partial charge is 0.307 e. The lowest BCUT2D eigenvalue weighted by Gasteiger charge is -2.17. The van der Waals surface area contributed by atoms with Gasteiger partial charge < -0.3 is 4.84 Å². The summed E-state index contributed by atoms with van der Waals surface area (Å²) in [5, 5.41) is 8.85. The van der Waals surface area contributed by atoms with Gasteiger partial charge in [0.15, 0.2) is 0 Å². The zero-order valence-electron chi connectivity index (χ0n) is 5.26. The summed E-state index contributed by atoms with van der Waals surface area (Å²) < 4.78 is 0. The molecule has 9 heavy (non-hydrogen) atoms. The van der Waals surface area contributed by atoms with Crippen molar-refractivity contribution in [2.75, 3.05) is 5.88 Å². The maximum Gasteiger partial charge on any atom is 0.295 e. The SMILES string of the molecule is CC(C)(CCl)O[N+](=O)[O-]. The maximum absolute atomic E-state index is 9.70. The van der Waals surface area contributed by atoms with Crippen LogP contribution in [-0.2, 0) is 4.84 Å². The van der Waals surface area contributed by atoms with Crippen LogP contribution in [0.25, 0.3) is 0 Å². The molecule has 0 heterocycles. The standard InChI is InChI=1S/C4H8ClNO3/c1-4(2,3-5)9-6(7)8/h3H2,1-2H3. The molecule has 0 spiro atoms. The van der Waals surface area contributed by atoms with Crippen LogP contribution in [0.4, 0.5) is 0 Å². The van der Waals surface area contributed by atoms with Crippen molar-refractivity contribution in [3.05, 3.63) is 10.1 Å². The van der Waals surface area contributed by atoms with E-state index in [0.717, 1.165) is 0 Å². The van der Waals surface area contributed by atoms with Gasteiger partial charge in [0, 0.05) is 0 Å². The fraction of sp³-hybridized carbons (Fsp3) is 1.00. The van der Waals surface area contributed by atoms with Crippen molar-refractivity contribution < 1.29 is 9.92 Å². The van der Waals surface area contributed by atoms with Gasteiger partial charge in [-0.2, -0.15) is 0 Å². The molecule has 0 aliphatic heterocycles. The van der Waals surface area contributed by atoms with Crippen LogP contribution in [0.3, 0.4) is 0 Å². The van der Waals surface area contributed by atoms with Crippen molar-refractivity contribution in [1.82, 2.24) is 0 Å². The van der Waals surface area contributed by atoms with E-state index in [4.69, 9.17) is 11.6 Å². The average molecular weight is 154 g/mol. The Bertz CT molecular complexity index is 114. The number of alkyl halides is 1. The van der Waals surface area contributed by atoms with E-state index in [1.807, 2.05) is 0 Å². The molecule has 0 aromatic carbocycles. The molecule has 0 aromatic heterocycles. The first-order valence-electron chi connectivity index (χ1n) is 2.37. The molecule has 0 saturated heterocycles. The second kappa shape index (κ2) is 2.87. The molecule has 0 bridgehead atoms. The van der Waals surface area contributed by atoms with E-state index >= 15 is 0 Å². The van der Waals surface area contributed by atoms with Gasteiger partial charge in [-0.15, -0.1) is 21.7 Å². The zero-order valence-corrected chi connectivity index (χ0v) is 6.01. The van der Waals surface area contributed by atoms with E-state index < -0.39 is 10.7 Å². The highest BCUT2D eigenvalue weighted by Crippen LogP contribution is 2.10. The predicted molar refractivity (Wildman–Crippen MR) is 32.9 cm³/mol. The smallest absolute Gasteiger partial charge is 0.295 e. The highest BCUT2D eigenvalue weighted by molar-refractivity contribution is 6.18. The van der Waals surface area contributed by atoms with E-state index in [-0.39, 0.29) is 5.88 Å². The van der Waals surface area contributed by atoms with Crippen LogP contribution in [0.5, 0.6) is 0 Å². The van der Waals surface area contributed by atoms with Crippen LogP contribution in [0.1, 0.15) is 13.8 Å². The second-order valence-corrected chi connectivity index (χ2v) is 2.48. The summed E-state index contributed by atoms with van der Waals surface area (Å²) in [5.41, 5.74) is -0.870. The highest BCUT2D eigenvalue weighted by atomic mass is 35.5. The Kier molecular flexibility index (Phi) is 2.70. The minimum atomic E-state index is -0.870. The summed E-state index contributed by atoms with van der Waals surface area (Å²) in [4.78, 5) is 13.9. The van der Waals surface area contributed by atoms with Crippen molar-refractivity contribution in [2.45, 2.75) is 19.4 Å². The van der Waals surface area contributed by atoms with E-state index in [2.05, 4.69) is 4.84 Å². The summed E-state index contributed by atoms with van der Waals surface area (Å²) in [6.45, 7) is 3.09. The second-order valence-electron chi connectivity index (χ2n) is 2.21. The average Bonchev–Trinajstić information content (AvgIpc) is 1.63. The van der Waals surface area contributed by atoms with E-state index in [0.29, 0.717) is 0 Å². The molecule has 0 atom stereocenters. The zero-order chi connectivity index (χ0) is 7.49. The summed E-state index contributed by atoms with van der Waals surface area (Å²) in [6, 6.07) is 0. The molecule has 0 aliphatic rings. The van der Waals surface area contributed by atoms with Gasteiger partial charge in [-0.05, 0) is 13.8 Å². The molecule has 0 amide bonds. The summed E-state index contributed by atoms with van der Waals surface area (Å²) in [6.07, 6.45) is 0. The van der Waals surface area contributed by atoms with Crippen molar-refractivity contribution in [3.63, 3.8) is 0 Å². The molecule has 0 aliphatic carbocycles. The van der Waals surface area contributed by atoms with Gasteiger partial charge in [0.25, 0.3) is 5.09 Å². The number of halogens is 1. The molecule has 4 nitrogen and oxygen atoms in total. The Labute approximate surface area is 57.9 Å². The maximum atomic E-state index is 9.70. The van der Waals surface area contributed by atoms with Crippen molar-refractivity contribution >= 4 is 11.6 Å². The number of rotatable bonds is 3. The summed E-state index contributed by atoms with van der Waals surface area (Å²) in [7, 11) is 0. The molecule has 0 fully saturated rings. The first-order chi connectivity index (χ1) is 3.98. The summed E-state index contributed by atoms with van der Waals surface area (Å²) >= 11 is 5.31. The quantitative estimate of drug-likeness (QED) is 0.348. The summed E-state index contributed by atoms with van der Waals surface area (Å²) in [5.74, 6) is 0.105. The van der Waals surface area contributed by atoms with Crippen molar-refractivity contribution in [2.24, 2.45) is 0 Å². The molecule has 0 unspecified atom stereocenters. The number of nitrogens with zero attached hydrogens (tertiary/aromatic N) is 1. The van der Waals surface area contributed by atoms with Crippen LogP contribution >= 0.6 is 11.6 Å². The third kappa shape index (κ3) is 4.02. The van der Waals surface area contributed by atoms with Gasteiger partial charge in [-0.25, -0.2) is 0 Å². The molecule has 5 heteroatoms. The lowest BCUT2D eigenvalue weighted by molar-refractivity contribution is -0.777. The van der Waals surface area contributed by atoms with Gasteiger partial charge in [-0.3, -0.25) is 0 Å². The fourth-order valence-electron chi connectivity index (χ4n) is 0.226. The Morgan fingerprint density at radius 2 is 2.22 bits per heavy atom. The van der Waals surface area contributed by atoms with Crippen LogP contribution in [0, 0.1) is 10.1 Å². The molecular formula is C4H8ClNO3. The molecule has 0 radical (unpaired) electrons. The minimum absolute atomic E-state index is 0.105. The topological polar surface area (TPSA) is 52.4 Å². The lowest BCUT2D eigenvalue weighted by atomic mass is 10.2. The first kappa shape index (κ1) is 8.49. The van der Waals surface area contributed by atoms with Gasteiger partial charge in [-0.1, -0.05) is 0 Å². The molecule has 0 saturated carbocycles. The van der Waals surface area contributed by atoms with E-state index in [1.165, 1.54) is 0 Å². The van der Waals surface area contributed by atoms with Crippen LogP contribution in [0.2, 0.25) is 0 Å². The van der Waals surface area contributed by atoms with Gasteiger partial charge in [0.1, 0.15) is 5.60 Å². The van der Waals surface area contributed by atoms with Crippen LogP contribution < -0.4 is 0 Å². The van der Waals surface area contributed by atoms with Crippen LogP contribution in [-0.4, -0.2) is 16.6 Å². The highest BCUT2D eigenvalue weighted by Gasteiger charge is 2.20. The number of hydrogen-bond donors (Lipinski definition) is 0. The Hall–Kier alpha value is -0.510.